The molecule has 2 aliphatic rings. The Hall–Kier alpha value is -4.76. The van der Waals surface area contributed by atoms with E-state index in [9.17, 15) is 22.0 Å². The zero-order valence-electron chi connectivity index (χ0n) is 22.9. The highest BCUT2D eigenvalue weighted by Gasteiger charge is 2.38. The highest BCUT2D eigenvalue weighted by molar-refractivity contribution is 5.84. The van der Waals surface area contributed by atoms with Crippen molar-refractivity contribution in [3.63, 3.8) is 0 Å². The number of rotatable bonds is 9. The zero-order chi connectivity index (χ0) is 30.7. The van der Waals surface area contributed by atoms with Crippen LogP contribution in [0.25, 0.3) is 33.9 Å². The predicted octanol–water partition coefficient (Wildman–Crippen LogP) is 6.53. The number of halogens is 6. The fourth-order valence-electron chi connectivity index (χ4n) is 4.97. The van der Waals surface area contributed by atoms with E-state index in [1.165, 1.54) is 10.8 Å². The molecule has 0 aromatic carbocycles. The molecule has 16 heteroatoms. The predicted molar refractivity (Wildman–Crippen MR) is 141 cm³/mol. The van der Waals surface area contributed by atoms with Crippen LogP contribution in [0.1, 0.15) is 60.3 Å². The van der Waals surface area contributed by atoms with Gasteiger partial charge in [-0.3, -0.25) is 0 Å². The van der Waals surface area contributed by atoms with Crippen LogP contribution in [-0.4, -0.2) is 46.1 Å². The maximum Gasteiger partial charge on any atom is 0.434 e. The Morgan fingerprint density at radius 2 is 1.82 bits per heavy atom. The number of alkyl halides is 5. The first kappa shape index (κ1) is 28.0. The molecule has 5 aromatic heterocycles. The van der Waals surface area contributed by atoms with Crippen molar-refractivity contribution in [3.05, 3.63) is 59.3 Å². The van der Waals surface area contributed by atoms with Crippen molar-refractivity contribution in [2.75, 3.05) is 0 Å². The van der Waals surface area contributed by atoms with E-state index < -0.39 is 24.3 Å². The van der Waals surface area contributed by atoms with Crippen LogP contribution in [-0.2, 0) is 12.8 Å². The third-order valence-corrected chi connectivity index (χ3v) is 7.26. The average molecular weight is 617 g/mol. The van der Waals surface area contributed by atoms with Crippen molar-refractivity contribution < 1.29 is 35.8 Å². The Balaban J connectivity index is 1.22. The van der Waals surface area contributed by atoms with Gasteiger partial charge in [-0.05, 0) is 44.7 Å². The Kier molecular flexibility index (Phi) is 6.66. The molecule has 0 radical (unpaired) electrons. The monoisotopic (exact) mass is 616 g/mol. The number of fused-ring (bicyclic) bond motifs is 1. The van der Waals surface area contributed by atoms with Gasteiger partial charge < -0.3 is 19.0 Å². The highest BCUT2D eigenvalue weighted by atomic mass is 19.4. The summed E-state index contributed by atoms with van der Waals surface area (Å²) in [6, 6.07) is 2.62. The third-order valence-electron chi connectivity index (χ3n) is 7.26. The molecule has 1 N–H and O–H groups in total. The van der Waals surface area contributed by atoms with Gasteiger partial charge in [-0.15, -0.1) is 0 Å². The molecule has 44 heavy (non-hydrogen) atoms. The van der Waals surface area contributed by atoms with Crippen LogP contribution < -0.4 is 9.47 Å². The van der Waals surface area contributed by atoms with E-state index in [0.717, 1.165) is 31.4 Å². The lowest BCUT2D eigenvalue weighted by Gasteiger charge is -2.14. The smallest absolute Gasteiger partial charge is 0.434 e. The summed E-state index contributed by atoms with van der Waals surface area (Å²) in [7, 11) is 0. The summed E-state index contributed by atoms with van der Waals surface area (Å²) in [4.78, 5) is 28.0. The lowest BCUT2D eigenvalue weighted by Crippen LogP contribution is -2.09. The molecule has 7 rings (SSSR count). The van der Waals surface area contributed by atoms with E-state index >= 15 is 4.39 Å². The van der Waals surface area contributed by atoms with Gasteiger partial charge in [-0.1, -0.05) is 0 Å². The summed E-state index contributed by atoms with van der Waals surface area (Å²) in [6.45, 7) is -1.59. The summed E-state index contributed by atoms with van der Waals surface area (Å²) in [5, 5.41) is 0. The lowest BCUT2D eigenvalue weighted by molar-refractivity contribution is -0.140. The highest BCUT2D eigenvalue weighted by Crippen LogP contribution is 2.46. The van der Waals surface area contributed by atoms with E-state index in [2.05, 4.69) is 39.6 Å². The quantitative estimate of drug-likeness (QED) is 0.186. The number of nitrogens with one attached hydrogen (secondary N) is 1. The van der Waals surface area contributed by atoms with Crippen LogP contribution in [0.5, 0.6) is 11.8 Å². The molecule has 0 saturated heterocycles. The molecule has 0 amide bonds. The largest absolute Gasteiger partial charge is 0.471 e. The molecule has 2 fully saturated rings. The average Bonchev–Trinajstić information content (AvgIpc) is 3.90. The van der Waals surface area contributed by atoms with Crippen LogP contribution in [0, 0.1) is 12.7 Å². The van der Waals surface area contributed by atoms with Crippen LogP contribution in [0.4, 0.5) is 26.3 Å². The van der Waals surface area contributed by atoms with Crippen molar-refractivity contribution >= 4 is 11.0 Å². The van der Waals surface area contributed by atoms with Gasteiger partial charge in [0.1, 0.15) is 29.7 Å². The number of hydrogen-bond acceptors (Lipinski definition) is 8. The Bertz CT molecular complexity index is 1880. The molecule has 10 nitrogen and oxygen atoms in total. The number of aromatic nitrogens is 8. The summed E-state index contributed by atoms with van der Waals surface area (Å²) in [5.41, 5.74) is 0.975. The second-order valence-electron chi connectivity index (χ2n) is 10.7. The van der Waals surface area contributed by atoms with Gasteiger partial charge in [0, 0.05) is 35.6 Å². The van der Waals surface area contributed by atoms with E-state index in [0.29, 0.717) is 35.3 Å². The molecule has 2 aliphatic carbocycles. The first-order valence-corrected chi connectivity index (χ1v) is 13.7. The number of imidazole rings is 1. The van der Waals surface area contributed by atoms with Gasteiger partial charge in [0.15, 0.2) is 23.2 Å². The van der Waals surface area contributed by atoms with E-state index in [1.807, 2.05) is 0 Å². The molecule has 228 valence electrons. The molecule has 0 unspecified atom stereocenters. The zero-order valence-corrected chi connectivity index (χ0v) is 22.9. The number of aryl methyl sites for hydroxylation is 1. The minimum Gasteiger partial charge on any atom is -0.471 e. The van der Waals surface area contributed by atoms with Gasteiger partial charge in [0.25, 0.3) is 0 Å². The lowest BCUT2D eigenvalue weighted by atomic mass is 10.1. The maximum absolute atomic E-state index is 15.3. The number of aromatic amines is 1. The SMILES string of the molecule is Cc1cc2nc(-c3c(OC(F)F)ncnc3C3CC3)nc(OCc3cnc(-c4nc(C(F)(F)F)cn4C4CC4)c(F)c3)c2[nH]1. The van der Waals surface area contributed by atoms with Gasteiger partial charge in [0.05, 0.1) is 11.2 Å². The standard InChI is InChI=1S/C28H22F6N8O2/c1-12-6-17-22(38-12)26(41-23(39-17)19-20(14-2-3-14)36-11-37-25(19)44-27(30)31)43-10-13-7-16(29)21(35-8-13)24-40-18(28(32,33)34)9-42(24)15-4-5-15/h6-9,11,14-15,27,38H,2-5,10H2,1H3. The second kappa shape index (κ2) is 10.4. The van der Waals surface area contributed by atoms with Crippen LogP contribution in [0.2, 0.25) is 0 Å². The van der Waals surface area contributed by atoms with Crippen molar-refractivity contribution in [1.29, 1.82) is 0 Å². The normalized spacial score (nSPS) is 15.4. The van der Waals surface area contributed by atoms with E-state index in [4.69, 9.17) is 4.74 Å². The maximum atomic E-state index is 15.3. The molecule has 5 heterocycles. The van der Waals surface area contributed by atoms with Crippen LogP contribution in [0.3, 0.4) is 0 Å². The third kappa shape index (κ3) is 5.39. The van der Waals surface area contributed by atoms with Gasteiger partial charge in [0.2, 0.25) is 11.8 Å². The summed E-state index contributed by atoms with van der Waals surface area (Å²) in [6.07, 6.45) is 1.56. The Morgan fingerprint density at radius 3 is 2.50 bits per heavy atom. The Morgan fingerprint density at radius 1 is 1.02 bits per heavy atom. The number of nitrogens with zero attached hydrogens (tertiary/aromatic N) is 7. The first-order chi connectivity index (χ1) is 21.0. The molecule has 0 atom stereocenters. The number of H-pyrrole nitrogens is 1. The summed E-state index contributed by atoms with van der Waals surface area (Å²) >= 11 is 0. The van der Waals surface area contributed by atoms with E-state index in [1.54, 1.807) is 13.0 Å². The number of ether oxygens (including phenoxy) is 2. The number of pyridine rings is 1. The van der Waals surface area contributed by atoms with Gasteiger partial charge in [-0.2, -0.15) is 26.9 Å². The van der Waals surface area contributed by atoms with Crippen molar-refractivity contribution in [1.82, 2.24) is 39.5 Å². The van der Waals surface area contributed by atoms with E-state index in [-0.39, 0.29) is 58.8 Å². The van der Waals surface area contributed by atoms with Gasteiger partial charge >= 0.3 is 12.8 Å². The van der Waals surface area contributed by atoms with Crippen LogP contribution in [0.15, 0.2) is 30.9 Å². The van der Waals surface area contributed by atoms with Crippen molar-refractivity contribution in [2.24, 2.45) is 0 Å². The van der Waals surface area contributed by atoms with Crippen molar-refractivity contribution in [2.45, 2.75) is 64.0 Å². The molecule has 5 aromatic rings. The second-order valence-corrected chi connectivity index (χ2v) is 10.7. The molecular formula is C28H22F6N8O2. The molecule has 0 bridgehead atoms. The summed E-state index contributed by atoms with van der Waals surface area (Å²) < 4.78 is 93.7. The molecular weight excluding hydrogens is 594 g/mol. The minimum atomic E-state index is -4.69. The molecule has 0 spiro atoms. The minimum absolute atomic E-state index is 0.0108. The molecule has 0 aliphatic heterocycles. The van der Waals surface area contributed by atoms with Crippen LogP contribution >= 0.6 is 0 Å². The summed E-state index contributed by atoms with van der Waals surface area (Å²) in [5.74, 6) is -1.38. The topological polar surface area (TPSA) is 117 Å². The fraction of sp³-hybridized carbons (Fsp3) is 0.357. The Labute approximate surface area is 244 Å². The van der Waals surface area contributed by atoms with Crippen molar-refractivity contribution in [3.8, 4) is 34.7 Å². The number of hydrogen-bond donors (Lipinski definition) is 1. The first-order valence-electron chi connectivity index (χ1n) is 13.7. The fourth-order valence-corrected chi connectivity index (χ4v) is 4.97. The molecule has 2 saturated carbocycles. The van der Waals surface area contributed by atoms with Gasteiger partial charge in [-0.25, -0.2) is 29.3 Å².